The first kappa shape index (κ1) is 20.8. The van der Waals surface area contributed by atoms with Crippen LogP contribution >= 0.6 is 0 Å². The molecular weight excluding hydrogens is 384 g/mol. The van der Waals surface area contributed by atoms with Crippen LogP contribution in [-0.4, -0.2) is 29.2 Å². The smallest absolute Gasteiger partial charge is 0.345 e. The zero-order valence-corrected chi connectivity index (χ0v) is 16.9. The standard InChI is InChI=1S/C22H22N4O4/c1-14-4-6-16(7-5-14)13-30-20-11-17(8-9-19(20)29-3)12-23-26-21(27)18-10-15(2)24-22(28)25-18/h4-12H,13H2,1-3H3,(H,26,27)(H,24,25,28)/b23-12+. The molecule has 0 bridgehead atoms. The Kier molecular flexibility index (Phi) is 6.59. The lowest BCUT2D eigenvalue weighted by atomic mass is 10.1. The van der Waals surface area contributed by atoms with E-state index in [0.29, 0.717) is 29.4 Å². The first-order chi connectivity index (χ1) is 14.4. The van der Waals surface area contributed by atoms with E-state index >= 15 is 0 Å². The van der Waals surface area contributed by atoms with Crippen LogP contribution in [0.25, 0.3) is 0 Å². The van der Waals surface area contributed by atoms with Gasteiger partial charge in [0.2, 0.25) is 0 Å². The molecule has 0 aliphatic heterocycles. The number of nitrogens with zero attached hydrogens (tertiary/aromatic N) is 2. The Morgan fingerprint density at radius 3 is 2.60 bits per heavy atom. The maximum atomic E-state index is 12.1. The molecule has 0 aliphatic rings. The Labute approximate surface area is 173 Å². The van der Waals surface area contributed by atoms with Crippen LogP contribution in [0.4, 0.5) is 0 Å². The van der Waals surface area contributed by atoms with Gasteiger partial charge in [0.25, 0.3) is 5.91 Å². The molecule has 0 aliphatic carbocycles. The molecule has 30 heavy (non-hydrogen) atoms. The van der Waals surface area contributed by atoms with E-state index in [4.69, 9.17) is 9.47 Å². The molecule has 0 radical (unpaired) electrons. The van der Waals surface area contributed by atoms with E-state index in [-0.39, 0.29) is 5.69 Å². The minimum absolute atomic E-state index is 0.00903. The monoisotopic (exact) mass is 406 g/mol. The van der Waals surface area contributed by atoms with Crippen LogP contribution in [0.1, 0.15) is 32.9 Å². The summed E-state index contributed by atoms with van der Waals surface area (Å²) in [6, 6.07) is 14.8. The molecule has 154 valence electrons. The summed E-state index contributed by atoms with van der Waals surface area (Å²) in [5.74, 6) is 0.566. The summed E-state index contributed by atoms with van der Waals surface area (Å²) >= 11 is 0. The number of amides is 1. The average Bonchev–Trinajstić information content (AvgIpc) is 2.72. The molecular formula is C22H22N4O4. The van der Waals surface area contributed by atoms with Gasteiger partial charge < -0.3 is 14.5 Å². The summed E-state index contributed by atoms with van der Waals surface area (Å²) < 4.78 is 11.2. The van der Waals surface area contributed by atoms with Gasteiger partial charge in [-0.05, 0) is 49.2 Å². The summed E-state index contributed by atoms with van der Waals surface area (Å²) in [5, 5.41) is 3.93. The lowest BCUT2D eigenvalue weighted by Crippen LogP contribution is -2.24. The average molecular weight is 406 g/mol. The number of aryl methyl sites for hydroxylation is 2. The van der Waals surface area contributed by atoms with Crippen molar-refractivity contribution in [2.45, 2.75) is 20.5 Å². The van der Waals surface area contributed by atoms with Gasteiger partial charge in [-0.15, -0.1) is 0 Å². The SMILES string of the molecule is COc1ccc(/C=N/NC(=O)c2cc(C)[nH]c(=O)n2)cc1OCc1ccc(C)cc1. The van der Waals surface area contributed by atoms with Crippen molar-refractivity contribution >= 4 is 12.1 Å². The van der Waals surface area contributed by atoms with Crippen LogP contribution in [0.3, 0.4) is 0 Å². The third-order valence-corrected chi connectivity index (χ3v) is 4.19. The number of hydrogen-bond donors (Lipinski definition) is 2. The fourth-order valence-electron chi connectivity index (χ4n) is 2.65. The van der Waals surface area contributed by atoms with Crippen LogP contribution in [0.5, 0.6) is 11.5 Å². The van der Waals surface area contributed by atoms with Crippen LogP contribution < -0.4 is 20.6 Å². The van der Waals surface area contributed by atoms with Crippen LogP contribution in [0.15, 0.2) is 58.4 Å². The number of aromatic nitrogens is 2. The van der Waals surface area contributed by atoms with Gasteiger partial charge in [-0.1, -0.05) is 29.8 Å². The van der Waals surface area contributed by atoms with Crippen molar-refractivity contribution in [3.8, 4) is 11.5 Å². The maximum absolute atomic E-state index is 12.1. The van der Waals surface area contributed by atoms with Gasteiger partial charge in [-0.25, -0.2) is 10.2 Å². The minimum Gasteiger partial charge on any atom is -0.493 e. The molecule has 8 heteroatoms. The Balaban J connectivity index is 1.68. The number of hydrazone groups is 1. The van der Waals surface area contributed by atoms with Gasteiger partial charge in [0.15, 0.2) is 11.5 Å². The van der Waals surface area contributed by atoms with Gasteiger partial charge in [-0.2, -0.15) is 10.1 Å². The third-order valence-electron chi connectivity index (χ3n) is 4.19. The van der Waals surface area contributed by atoms with E-state index in [1.807, 2.05) is 31.2 Å². The van der Waals surface area contributed by atoms with E-state index in [2.05, 4.69) is 20.5 Å². The second-order valence-electron chi connectivity index (χ2n) is 6.64. The molecule has 2 aromatic carbocycles. The number of H-pyrrole nitrogens is 1. The summed E-state index contributed by atoms with van der Waals surface area (Å²) in [6.45, 7) is 4.09. The second kappa shape index (κ2) is 9.51. The lowest BCUT2D eigenvalue weighted by Gasteiger charge is -2.11. The highest BCUT2D eigenvalue weighted by molar-refractivity contribution is 5.93. The van der Waals surface area contributed by atoms with Gasteiger partial charge in [0.05, 0.1) is 13.3 Å². The molecule has 0 unspecified atom stereocenters. The lowest BCUT2D eigenvalue weighted by molar-refractivity contribution is 0.0949. The predicted molar refractivity (Wildman–Crippen MR) is 113 cm³/mol. The van der Waals surface area contributed by atoms with Crippen molar-refractivity contribution < 1.29 is 14.3 Å². The molecule has 0 fully saturated rings. The van der Waals surface area contributed by atoms with Crippen molar-refractivity contribution in [1.82, 2.24) is 15.4 Å². The van der Waals surface area contributed by atoms with Gasteiger partial charge in [0.1, 0.15) is 12.3 Å². The van der Waals surface area contributed by atoms with E-state index in [1.54, 1.807) is 32.2 Å². The highest BCUT2D eigenvalue weighted by atomic mass is 16.5. The largest absolute Gasteiger partial charge is 0.493 e. The molecule has 0 saturated carbocycles. The molecule has 1 aromatic heterocycles. The molecule has 2 N–H and O–H groups in total. The topological polar surface area (TPSA) is 106 Å². The van der Waals surface area contributed by atoms with E-state index in [1.165, 1.54) is 17.8 Å². The van der Waals surface area contributed by atoms with Gasteiger partial charge in [-0.3, -0.25) is 4.79 Å². The molecule has 0 atom stereocenters. The molecule has 3 aromatic rings. The summed E-state index contributed by atoms with van der Waals surface area (Å²) in [4.78, 5) is 29.6. The molecule has 1 heterocycles. The number of carbonyl (C=O) groups excluding carboxylic acids is 1. The van der Waals surface area contributed by atoms with Crippen molar-refractivity contribution in [2.75, 3.05) is 7.11 Å². The van der Waals surface area contributed by atoms with Crippen LogP contribution in [0.2, 0.25) is 0 Å². The van der Waals surface area contributed by atoms with Crippen LogP contribution in [0, 0.1) is 13.8 Å². The van der Waals surface area contributed by atoms with Crippen molar-refractivity contribution in [3.05, 3.63) is 87.1 Å². The number of ether oxygens (including phenoxy) is 2. The number of nitrogens with one attached hydrogen (secondary N) is 2. The summed E-state index contributed by atoms with van der Waals surface area (Å²) in [6.07, 6.45) is 1.47. The summed E-state index contributed by atoms with van der Waals surface area (Å²) in [5.41, 5.74) is 5.21. The first-order valence-corrected chi connectivity index (χ1v) is 9.22. The number of carbonyl (C=O) groups is 1. The zero-order valence-electron chi connectivity index (χ0n) is 16.9. The number of benzene rings is 2. The quantitative estimate of drug-likeness (QED) is 0.464. The van der Waals surface area contributed by atoms with Gasteiger partial charge in [0, 0.05) is 5.69 Å². The molecule has 1 amide bonds. The fourth-order valence-corrected chi connectivity index (χ4v) is 2.65. The van der Waals surface area contributed by atoms with E-state index in [0.717, 1.165) is 5.56 Å². The van der Waals surface area contributed by atoms with E-state index < -0.39 is 11.6 Å². The normalized spacial score (nSPS) is 10.8. The summed E-state index contributed by atoms with van der Waals surface area (Å²) in [7, 11) is 1.57. The highest BCUT2D eigenvalue weighted by Crippen LogP contribution is 2.28. The zero-order chi connectivity index (χ0) is 21.5. The van der Waals surface area contributed by atoms with Crippen molar-refractivity contribution in [1.29, 1.82) is 0 Å². The molecule has 0 saturated heterocycles. The van der Waals surface area contributed by atoms with Gasteiger partial charge >= 0.3 is 5.69 Å². The Bertz CT molecular complexity index is 1120. The molecule has 8 nitrogen and oxygen atoms in total. The number of rotatable bonds is 7. The van der Waals surface area contributed by atoms with Crippen molar-refractivity contribution in [2.24, 2.45) is 5.10 Å². The first-order valence-electron chi connectivity index (χ1n) is 9.22. The fraction of sp³-hybridized carbons (Fsp3) is 0.182. The predicted octanol–water partition coefficient (Wildman–Crippen LogP) is 2.74. The highest BCUT2D eigenvalue weighted by Gasteiger charge is 2.09. The number of aromatic amines is 1. The molecule has 3 rings (SSSR count). The minimum atomic E-state index is -0.588. The van der Waals surface area contributed by atoms with E-state index in [9.17, 15) is 9.59 Å². The Hall–Kier alpha value is -3.94. The van der Waals surface area contributed by atoms with Crippen molar-refractivity contribution in [3.63, 3.8) is 0 Å². The number of hydrogen-bond acceptors (Lipinski definition) is 6. The second-order valence-corrected chi connectivity index (χ2v) is 6.64. The Morgan fingerprint density at radius 2 is 1.90 bits per heavy atom. The maximum Gasteiger partial charge on any atom is 0.345 e. The van der Waals surface area contributed by atoms with Crippen LogP contribution in [-0.2, 0) is 6.61 Å². The Morgan fingerprint density at radius 1 is 1.13 bits per heavy atom. The number of methoxy groups -OCH3 is 1. The third kappa shape index (κ3) is 5.54. The molecule has 0 spiro atoms.